The first-order valence-corrected chi connectivity index (χ1v) is 15.3. The van der Waals surface area contributed by atoms with Crippen LogP contribution in [-0.4, -0.2) is 24.6 Å². The van der Waals surface area contributed by atoms with E-state index < -0.39 is 5.31 Å². The van der Waals surface area contributed by atoms with Crippen molar-refractivity contribution in [2.75, 3.05) is 24.6 Å². The van der Waals surface area contributed by atoms with Crippen LogP contribution in [0.25, 0.3) is 0 Å². The molecule has 0 spiro atoms. The van der Waals surface area contributed by atoms with Crippen LogP contribution in [0.3, 0.4) is 0 Å². The van der Waals surface area contributed by atoms with Crippen LogP contribution >= 0.6 is 20.8 Å². The number of hydrogen-bond acceptors (Lipinski definition) is 0. The van der Waals surface area contributed by atoms with E-state index >= 15 is 0 Å². The fourth-order valence-electron chi connectivity index (χ4n) is 4.17. The molecule has 0 aliphatic rings. The molecule has 0 rings (SSSR count). The summed E-state index contributed by atoms with van der Waals surface area (Å²) in [6, 6.07) is 0. The summed E-state index contributed by atoms with van der Waals surface area (Å²) in [5.41, 5.74) is 0. The molecule has 0 nitrogen and oxygen atoms in total. The summed E-state index contributed by atoms with van der Waals surface area (Å²) in [4.78, 5) is 0. The Labute approximate surface area is 150 Å². The van der Waals surface area contributed by atoms with Crippen LogP contribution in [0.4, 0.5) is 0 Å². The van der Waals surface area contributed by atoms with Crippen molar-refractivity contribution in [3.8, 4) is 0 Å². The van der Waals surface area contributed by atoms with E-state index in [4.69, 9.17) is 0 Å². The van der Waals surface area contributed by atoms with Gasteiger partial charge in [-0.25, -0.2) is 0 Å². The average Bonchev–Trinajstić information content (AvgIpc) is 2.46. The van der Waals surface area contributed by atoms with Crippen LogP contribution in [0.2, 0.25) is 0 Å². The Morgan fingerprint density at radius 3 is 1.18 bits per heavy atom. The Morgan fingerprint density at radius 2 is 0.818 bits per heavy atom. The van der Waals surface area contributed by atoms with Crippen molar-refractivity contribution < 1.29 is 0 Å². The first kappa shape index (κ1) is 22.9. The molecule has 0 N–H and O–H groups in total. The zero-order valence-corrected chi connectivity index (χ0v) is 18.6. The standard InChI is InChI=1S/C20H44BrP/c1-5-9-10-11-12-13-14-15-16-20-22(21,17-6-2,18-7-3)19-8-4/h5-20H2,1-4H3. The van der Waals surface area contributed by atoms with Crippen LogP contribution < -0.4 is 0 Å². The molecule has 0 bridgehead atoms. The average molecular weight is 395 g/mol. The van der Waals surface area contributed by atoms with E-state index in [-0.39, 0.29) is 0 Å². The second-order valence-electron chi connectivity index (χ2n) is 7.54. The maximum absolute atomic E-state index is 4.42. The molecule has 0 saturated heterocycles. The van der Waals surface area contributed by atoms with E-state index in [1.165, 1.54) is 102 Å². The normalized spacial score (nSPS) is 14.0. The quantitative estimate of drug-likeness (QED) is 0.181. The van der Waals surface area contributed by atoms with Gasteiger partial charge in [0.2, 0.25) is 0 Å². The zero-order valence-electron chi connectivity index (χ0n) is 16.1. The summed E-state index contributed by atoms with van der Waals surface area (Å²) in [5, 5.41) is -1.55. The Hall–Kier alpha value is 0.910. The Morgan fingerprint density at radius 1 is 0.455 bits per heavy atom. The van der Waals surface area contributed by atoms with Crippen LogP contribution in [0.15, 0.2) is 0 Å². The van der Waals surface area contributed by atoms with Crippen LogP contribution in [0.1, 0.15) is 105 Å². The van der Waals surface area contributed by atoms with Gasteiger partial charge in [0, 0.05) is 0 Å². The predicted octanol–water partition coefficient (Wildman–Crippen LogP) is 8.61. The molecule has 0 aliphatic heterocycles. The molecule has 0 heterocycles. The molecular formula is C20H44BrP. The topological polar surface area (TPSA) is 0 Å². The molecular weight excluding hydrogens is 351 g/mol. The Kier molecular flexibility index (Phi) is 13.8. The molecule has 0 aliphatic carbocycles. The van der Waals surface area contributed by atoms with Crippen molar-refractivity contribution in [3.05, 3.63) is 0 Å². The molecule has 0 fully saturated rings. The fourth-order valence-corrected chi connectivity index (χ4v) is 13.8. The van der Waals surface area contributed by atoms with Gasteiger partial charge in [-0.05, 0) is 0 Å². The summed E-state index contributed by atoms with van der Waals surface area (Å²) in [7, 11) is 0. The fraction of sp³-hybridized carbons (Fsp3) is 1.00. The minimum absolute atomic E-state index is 1.36. The summed E-state index contributed by atoms with van der Waals surface area (Å²) in [5.74, 6) is 0. The zero-order chi connectivity index (χ0) is 16.8. The molecule has 0 aromatic rings. The molecule has 0 amide bonds. The third-order valence-electron chi connectivity index (χ3n) is 5.17. The maximum atomic E-state index is 4.42. The van der Waals surface area contributed by atoms with Crippen molar-refractivity contribution >= 4 is 20.8 Å². The van der Waals surface area contributed by atoms with Crippen LogP contribution in [0.5, 0.6) is 0 Å². The first-order chi connectivity index (χ1) is 10.5. The molecule has 0 atom stereocenters. The Balaban J connectivity index is 4.03. The molecule has 0 aromatic carbocycles. The van der Waals surface area contributed by atoms with Gasteiger partial charge in [-0.3, -0.25) is 0 Å². The van der Waals surface area contributed by atoms with Crippen molar-refractivity contribution in [3.63, 3.8) is 0 Å². The monoisotopic (exact) mass is 394 g/mol. The van der Waals surface area contributed by atoms with Gasteiger partial charge in [0.1, 0.15) is 0 Å². The van der Waals surface area contributed by atoms with E-state index in [9.17, 15) is 0 Å². The molecule has 0 radical (unpaired) electrons. The van der Waals surface area contributed by atoms with Gasteiger partial charge in [-0.1, -0.05) is 0 Å². The molecule has 22 heavy (non-hydrogen) atoms. The molecule has 0 saturated carbocycles. The summed E-state index contributed by atoms with van der Waals surface area (Å²) >= 11 is 4.42. The number of halogens is 1. The molecule has 0 aromatic heterocycles. The third kappa shape index (κ3) is 9.92. The van der Waals surface area contributed by atoms with Gasteiger partial charge in [0.05, 0.1) is 0 Å². The van der Waals surface area contributed by atoms with Crippen LogP contribution in [0, 0.1) is 0 Å². The number of rotatable bonds is 16. The summed E-state index contributed by atoms with van der Waals surface area (Å²) in [6.45, 7) is 9.44. The van der Waals surface area contributed by atoms with Crippen molar-refractivity contribution in [1.82, 2.24) is 0 Å². The van der Waals surface area contributed by atoms with Crippen molar-refractivity contribution in [1.29, 1.82) is 0 Å². The predicted molar refractivity (Wildman–Crippen MR) is 113 cm³/mol. The van der Waals surface area contributed by atoms with Gasteiger partial charge >= 0.3 is 150 Å². The van der Waals surface area contributed by atoms with Crippen molar-refractivity contribution in [2.45, 2.75) is 105 Å². The van der Waals surface area contributed by atoms with Gasteiger partial charge in [0.15, 0.2) is 0 Å². The minimum atomic E-state index is -1.55. The molecule has 136 valence electrons. The first-order valence-electron chi connectivity index (χ1n) is 10.3. The van der Waals surface area contributed by atoms with E-state index in [0.29, 0.717) is 0 Å². The molecule has 0 unspecified atom stereocenters. The number of unbranched alkanes of at least 4 members (excludes halogenated alkanes) is 8. The molecule has 2 heteroatoms. The third-order valence-corrected chi connectivity index (χ3v) is 15.6. The van der Waals surface area contributed by atoms with E-state index in [2.05, 4.69) is 43.2 Å². The van der Waals surface area contributed by atoms with E-state index in [1.807, 2.05) is 0 Å². The Bertz CT molecular complexity index is 232. The number of hydrogen-bond donors (Lipinski definition) is 0. The van der Waals surface area contributed by atoms with Gasteiger partial charge in [0.25, 0.3) is 0 Å². The van der Waals surface area contributed by atoms with Gasteiger partial charge in [-0.2, -0.15) is 0 Å². The summed E-state index contributed by atoms with van der Waals surface area (Å²) < 4.78 is 0. The van der Waals surface area contributed by atoms with Gasteiger partial charge in [-0.15, -0.1) is 0 Å². The van der Waals surface area contributed by atoms with Crippen LogP contribution in [-0.2, 0) is 0 Å². The SMILES string of the molecule is CCCCCCCCCCCP(Br)(CCC)(CCC)CCC. The second kappa shape index (κ2) is 13.2. The van der Waals surface area contributed by atoms with E-state index in [0.717, 1.165) is 0 Å². The van der Waals surface area contributed by atoms with E-state index in [1.54, 1.807) is 0 Å². The second-order valence-corrected chi connectivity index (χ2v) is 19.0. The summed E-state index contributed by atoms with van der Waals surface area (Å²) in [6.07, 6.45) is 23.1. The van der Waals surface area contributed by atoms with Crippen molar-refractivity contribution in [2.24, 2.45) is 0 Å². The van der Waals surface area contributed by atoms with Gasteiger partial charge < -0.3 is 0 Å².